The van der Waals surface area contributed by atoms with E-state index in [0.717, 1.165) is 41.9 Å². The van der Waals surface area contributed by atoms with Crippen molar-refractivity contribution in [2.45, 2.75) is 44.2 Å². The van der Waals surface area contributed by atoms with Crippen LogP contribution in [0.5, 0.6) is 0 Å². The molecule has 1 heterocycles. The van der Waals surface area contributed by atoms with E-state index >= 15 is 0 Å². The van der Waals surface area contributed by atoms with Gasteiger partial charge in [-0.3, -0.25) is 4.79 Å². The normalized spacial score (nSPS) is 22.6. The molecule has 0 aromatic heterocycles. The van der Waals surface area contributed by atoms with E-state index in [9.17, 15) is 4.79 Å². The van der Waals surface area contributed by atoms with Crippen LogP contribution in [0, 0.1) is 5.92 Å². The molecule has 126 valence electrons. The van der Waals surface area contributed by atoms with E-state index < -0.39 is 5.54 Å². The number of likely N-dealkylation sites (tertiary alicyclic amines) is 1. The quantitative estimate of drug-likeness (QED) is 0.826. The van der Waals surface area contributed by atoms with E-state index in [2.05, 4.69) is 26.1 Å². The third-order valence-electron chi connectivity index (χ3n) is 5.05. The first-order valence-corrected chi connectivity index (χ1v) is 9.32. The van der Waals surface area contributed by atoms with Gasteiger partial charge in [0.15, 0.2) is 0 Å². The second kappa shape index (κ2) is 6.91. The van der Waals surface area contributed by atoms with Gasteiger partial charge in [-0.25, -0.2) is 0 Å². The highest BCUT2D eigenvalue weighted by atomic mass is 79.9. The molecule has 23 heavy (non-hydrogen) atoms. The number of amides is 1. The minimum absolute atomic E-state index is 0.0829. The number of nitrogens with one attached hydrogen (secondary N) is 1. The molecule has 0 bridgehead atoms. The lowest BCUT2D eigenvalue weighted by atomic mass is 9.91. The molecule has 4 nitrogen and oxygen atoms in total. The third kappa shape index (κ3) is 4.34. The number of piperidine rings is 1. The first-order chi connectivity index (χ1) is 10.9. The smallest absolute Gasteiger partial charge is 0.244 e. The number of carbonyl (C=O) groups is 1. The fourth-order valence-corrected chi connectivity index (χ4v) is 3.45. The fourth-order valence-electron chi connectivity index (χ4n) is 3.19. The second-order valence-corrected chi connectivity index (χ2v) is 8.12. The number of halogens is 1. The molecule has 1 aliphatic carbocycles. The Morgan fingerprint density at radius 2 is 1.87 bits per heavy atom. The van der Waals surface area contributed by atoms with Crippen LogP contribution in [-0.2, 0) is 10.3 Å². The summed E-state index contributed by atoms with van der Waals surface area (Å²) in [6.45, 7) is 5.20. The average molecular weight is 380 g/mol. The lowest BCUT2D eigenvalue weighted by Crippen LogP contribution is -2.54. The molecular formula is C18H26BrN3O. The summed E-state index contributed by atoms with van der Waals surface area (Å²) in [5.74, 6) is 0.853. The van der Waals surface area contributed by atoms with Gasteiger partial charge >= 0.3 is 0 Å². The van der Waals surface area contributed by atoms with Crippen LogP contribution in [0.25, 0.3) is 0 Å². The molecule has 1 aromatic carbocycles. The Balaban J connectivity index is 1.52. The first kappa shape index (κ1) is 16.9. The van der Waals surface area contributed by atoms with E-state index in [0.29, 0.717) is 0 Å². The zero-order valence-electron chi connectivity index (χ0n) is 13.7. The molecule has 5 heteroatoms. The lowest BCUT2D eigenvalue weighted by Gasteiger charge is -2.34. The standard InChI is InChI=1S/C18H26BrN3O/c1-18(20,14-4-6-15(19)7-5-14)17(23)21-16-8-10-22(11-9-16)12-13-2-3-13/h4-7,13,16H,2-3,8-12,20H2,1H3,(H,21,23). The van der Waals surface area contributed by atoms with Gasteiger partial charge in [-0.15, -0.1) is 0 Å². The zero-order valence-corrected chi connectivity index (χ0v) is 15.3. The van der Waals surface area contributed by atoms with Crippen molar-refractivity contribution in [1.82, 2.24) is 10.2 Å². The number of benzene rings is 1. The van der Waals surface area contributed by atoms with Gasteiger partial charge in [0.05, 0.1) is 0 Å². The molecule has 1 amide bonds. The largest absolute Gasteiger partial charge is 0.351 e. The summed E-state index contributed by atoms with van der Waals surface area (Å²) >= 11 is 3.41. The Bertz CT molecular complexity index is 546. The predicted octanol–water partition coefficient (Wildman–Crippen LogP) is 2.61. The van der Waals surface area contributed by atoms with Gasteiger partial charge in [0.1, 0.15) is 5.54 Å². The van der Waals surface area contributed by atoms with Crippen molar-refractivity contribution in [3.63, 3.8) is 0 Å². The molecular weight excluding hydrogens is 354 g/mol. The van der Waals surface area contributed by atoms with E-state index in [4.69, 9.17) is 5.73 Å². The van der Waals surface area contributed by atoms with Crippen molar-refractivity contribution in [2.24, 2.45) is 11.7 Å². The van der Waals surface area contributed by atoms with Gasteiger partial charge in [-0.1, -0.05) is 28.1 Å². The highest BCUT2D eigenvalue weighted by Gasteiger charge is 2.33. The van der Waals surface area contributed by atoms with Crippen molar-refractivity contribution in [3.8, 4) is 0 Å². The lowest BCUT2D eigenvalue weighted by molar-refractivity contribution is -0.127. The molecule has 1 aliphatic heterocycles. The molecule has 3 N–H and O–H groups in total. The summed E-state index contributed by atoms with van der Waals surface area (Å²) in [7, 11) is 0. The van der Waals surface area contributed by atoms with Crippen LogP contribution in [0.15, 0.2) is 28.7 Å². The number of hydrogen-bond donors (Lipinski definition) is 2. The number of rotatable bonds is 5. The Morgan fingerprint density at radius 1 is 1.26 bits per heavy atom. The van der Waals surface area contributed by atoms with Crippen LogP contribution in [0.2, 0.25) is 0 Å². The van der Waals surface area contributed by atoms with E-state index in [1.807, 2.05) is 24.3 Å². The van der Waals surface area contributed by atoms with Crippen LogP contribution in [0.1, 0.15) is 38.2 Å². The molecule has 0 spiro atoms. The molecule has 3 rings (SSSR count). The van der Waals surface area contributed by atoms with E-state index in [1.54, 1.807) is 6.92 Å². The minimum Gasteiger partial charge on any atom is -0.351 e. The minimum atomic E-state index is -0.994. The molecule has 2 aliphatic rings. The number of nitrogens with two attached hydrogens (primary N) is 1. The van der Waals surface area contributed by atoms with Crippen molar-refractivity contribution < 1.29 is 4.79 Å². The van der Waals surface area contributed by atoms with Crippen LogP contribution < -0.4 is 11.1 Å². The van der Waals surface area contributed by atoms with Gasteiger partial charge < -0.3 is 16.0 Å². The summed E-state index contributed by atoms with van der Waals surface area (Å²) in [5.41, 5.74) is 6.16. The van der Waals surface area contributed by atoms with E-state index in [-0.39, 0.29) is 11.9 Å². The Kier molecular flexibility index (Phi) is 5.09. The molecule has 1 aromatic rings. The van der Waals surface area contributed by atoms with Crippen LogP contribution in [0.3, 0.4) is 0 Å². The van der Waals surface area contributed by atoms with Crippen LogP contribution in [0.4, 0.5) is 0 Å². The summed E-state index contributed by atoms with van der Waals surface area (Å²) in [5, 5.41) is 3.16. The van der Waals surface area contributed by atoms with Gasteiger partial charge in [-0.2, -0.15) is 0 Å². The SMILES string of the molecule is CC(N)(C(=O)NC1CCN(CC2CC2)CC1)c1ccc(Br)cc1. The van der Waals surface area contributed by atoms with Gasteiger partial charge in [0.25, 0.3) is 0 Å². The average Bonchev–Trinajstić information content (AvgIpc) is 3.33. The topological polar surface area (TPSA) is 58.4 Å². The van der Waals surface area contributed by atoms with E-state index in [1.165, 1.54) is 19.4 Å². The molecule has 0 radical (unpaired) electrons. The Labute approximate surface area is 146 Å². The highest BCUT2D eigenvalue weighted by molar-refractivity contribution is 9.10. The van der Waals surface area contributed by atoms with Crippen LogP contribution >= 0.6 is 15.9 Å². The summed E-state index contributed by atoms with van der Waals surface area (Å²) in [6, 6.07) is 7.90. The van der Waals surface area contributed by atoms with Gasteiger partial charge in [0.2, 0.25) is 5.91 Å². The maximum atomic E-state index is 12.6. The van der Waals surface area contributed by atoms with Crippen LogP contribution in [-0.4, -0.2) is 36.5 Å². The Morgan fingerprint density at radius 3 is 2.43 bits per heavy atom. The number of nitrogens with zero attached hydrogens (tertiary/aromatic N) is 1. The molecule has 2 fully saturated rings. The highest BCUT2D eigenvalue weighted by Crippen LogP contribution is 2.30. The summed E-state index contributed by atoms with van der Waals surface area (Å²) in [4.78, 5) is 15.2. The van der Waals surface area contributed by atoms with Crippen molar-refractivity contribution in [1.29, 1.82) is 0 Å². The predicted molar refractivity (Wildman–Crippen MR) is 96.0 cm³/mol. The van der Waals surface area contributed by atoms with Crippen molar-refractivity contribution in [3.05, 3.63) is 34.3 Å². The monoisotopic (exact) mass is 379 g/mol. The molecule has 1 atom stereocenters. The first-order valence-electron chi connectivity index (χ1n) is 8.53. The zero-order chi connectivity index (χ0) is 16.4. The number of carbonyl (C=O) groups excluding carboxylic acids is 1. The summed E-state index contributed by atoms with van der Waals surface area (Å²) in [6.07, 6.45) is 4.84. The van der Waals surface area contributed by atoms with Crippen molar-refractivity contribution >= 4 is 21.8 Å². The second-order valence-electron chi connectivity index (χ2n) is 7.20. The maximum Gasteiger partial charge on any atom is 0.244 e. The van der Waals surface area contributed by atoms with Gasteiger partial charge in [0, 0.05) is 30.1 Å². The molecule has 1 saturated carbocycles. The molecule has 1 unspecified atom stereocenters. The van der Waals surface area contributed by atoms with Crippen molar-refractivity contribution in [2.75, 3.05) is 19.6 Å². The summed E-state index contributed by atoms with van der Waals surface area (Å²) < 4.78 is 0.987. The maximum absolute atomic E-state index is 12.6. The molecule has 1 saturated heterocycles. The third-order valence-corrected chi connectivity index (χ3v) is 5.58. The Hall–Kier alpha value is -0.910. The number of hydrogen-bond acceptors (Lipinski definition) is 3. The van der Waals surface area contributed by atoms with Gasteiger partial charge in [-0.05, 0) is 56.2 Å². The fraction of sp³-hybridized carbons (Fsp3) is 0.611.